The normalized spacial score (nSPS) is 20.9. The molecule has 0 aliphatic heterocycles. The summed E-state index contributed by atoms with van der Waals surface area (Å²) in [6.07, 6.45) is 1.87. The van der Waals surface area contributed by atoms with E-state index < -0.39 is 35.6 Å². The molecular weight excluding hydrogens is 426 g/mol. The Balaban J connectivity index is 2.04. The Kier molecular flexibility index (Phi) is 8.21. The van der Waals surface area contributed by atoms with Crippen LogP contribution in [0.3, 0.4) is 0 Å². The number of pyridine rings is 1. The third kappa shape index (κ3) is 7.71. The molecule has 4 N–H and O–H groups in total. The third-order valence-corrected chi connectivity index (χ3v) is 4.88. The summed E-state index contributed by atoms with van der Waals surface area (Å²) in [6, 6.07) is 1.86. The van der Waals surface area contributed by atoms with Crippen molar-refractivity contribution in [2.24, 2.45) is 5.92 Å². The molecule has 1 heterocycles. The highest BCUT2D eigenvalue weighted by molar-refractivity contribution is 6.39. The number of halogens is 1. The molecule has 10 nitrogen and oxygen atoms in total. The van der Waals surface area contributed by atoms with Gasteiger partial charge in [-0.2, -0.15) is 0 Å². The summed E-state index contributed by atoms with van der Waals surface area (Å²) in [5, 5.41) is 10.7. The third-order valence-electron chi connectivity index (χ3n) is 4.66. The van der Waals surface area contributed by atoms with E-state index in [4.69, 9.17) is 16.3 Å². The van der Waals surface area contributed by atoms with E-state index >= 15 is 0 Å². The standard InChI is InChI=1S/C20H28ClN5O5/c1-20(2,3)31-19(30)25-14-9-11(16(27)22-4)5-7-13(14)24-17(28)18(29)26-15-8-6-12(21)10-23-15/h6,8,10-11,13-14H,5,7,9H2,1-4H3,(H,22,27)(H,24,28)(H,25,30)(H,23,26,29)/t11-,13+,14-/m0/s1. The van der Waals surface area contributed by atoms with Crippen molar-refractivity contribution in [3.8, 4) is 0 Å². The smallest absolute Gasteiger partial charge is 0.407 e. The van der Waals surface area contributed by atoms with E-state index in [0.717, 1.165) is 0 Å². The zero-order valence-electron chi connectivity index (χ0n) is 18.0. The van der Waals surface area contributed by atoms with E-state index in [1.54, 1.807) is 27.8 Å². The van der Waals surface area contributed by atoms with Gasteiger partial charge in [0.25, 0.3) is 0 Å². The Morgan fingerprint density at radius 2 is 1.77 bits per heavy atom. The predicted molar refractivity (Wildman–Crippen MR) is 114 cm³/mol. The van der Waals surface area contributed by atoms with Gasteiger partial charge < -0.3 is 26.0 Å². The van der Waals surface area contributed by atoms with Crippen molar-refractivity contribution in [2.45, 2.75) is 57.7 Å². The number of rotatable bonds is 4. The van der Waals surface area contributed by atoms with Crippen molar-refractivity contribution in [3.63, 3.8) is 0 Å². The maximum absolute atomic E-state index is 12.4. The summed E-state index contributed by atoms with van der Waals surface area (Å²) in [5.41, 5.74) is -0.705. The Morgan fingerprint density at radius 3 is 2.35 bits per heavy atom. The molecule has 0 bridgehead atoms. The monoisotopic (exact) mass is 453 g/mol. The number of aromatic nitrogens is 1. The lowest BCUT2D eigenvalue weighted by Crippen LogP contribution is -2.57. The predicted octanol–water partition coefficient (Wildman–Crippen LogP) is 1.60. The molecule has 1 aromatic rings. The molecule has 1 saturated carbocycles. The van der Waals surface area contributed by atoms with Gasteiger partial charge in [-0.15, -0.1) is 0 Å². The van der Waals surface area contributed by atoms with E-state index in [0.29, 0.717) is 24.3 Å². The van der Waals surface area contributed by atoms with E-state index in [2.05, 4.69) is 26.3 Å². The van der Waals surface area contributed by atoms with Crippen LogP contribution in [-0.4, -0.2) is 53.5 Å². The molecule has 3 atom stereocenters. The molecule has 4 amide bonds. The maximum atomic E-state index is 12.4. The van der Waals surface area contributed by atoms with Gasteiger partial charge in [0.05, 0.1) is 11.1 Å². The molecule has 0 radical (unpaired) electrons. The second-order valence-corrected chi connectivity index (χ2v) is 8.71. The lowest BCUT2D eigenvalue weighted by atomic mass is 9.81. The van der Waals surface area contributed by atoms with Crippen LogP contribution in [0.4, 0.5) is 10.6 Å². The molecule has 1 aromatic heterocycles. The van der Waals surface area contributed by atoms with Gasteiger partial charge in [0.1, 0.15) is 11.4 Å². The summed E-state index contributed by atoms with van der Waals surface area (Å²) < 4.78 is 5.29. The number of carbonyl (C=O) groups excluding carboxylic acids is 4. The van der Waals surface area contributed by atoms with Crippen LogP contribution in [0.1, 0.15) is 40.0 Å². The van der Waals surface area contributed by atoms with E-state index in [-0.39, 0.29) is 17.6 Å². The van der Waals surface area contributed by atoms with Crippen LogP contribution >= 0.6 is 11.6 Å². The molecule has 1 fully saturated rings. The van der Waals surface area contributed by atoms with Gasteiger partial charge >= 0.3 is 17.9 Å². The van der Waals surface area contributed by atoms with Gasteiger partial charge in [-0.05, 0) is 52.2 Å². The van der Waals surface area contributed by atoms with Crippen molar-refractivity contribution in [2.75, 3.05) is 12.4 Å². The van der Waals surface area contributed by atoms with E-state index in [1.165, 1.54) is 18.3 Å². The summed E-state index contributed by atoms with van der Waals surface area (Å²) in [7, 11) is 1.54. The highest BCUT2D eigenvalue weighted by Crippen LogP contribution is 2.25. The van der Waals surface area contributed by atoms with Gasteiger partial charge in [0, 0.05) is 25.2 Å². The van der Waals surface area contributed by atoms with Crippen molar-refractivity contribution < 1.29 is 23.9 Å². The van der Waals surface area contributed by atoms with Crippen molar-refractivity contribution in [1.29, 1.82) is 0 Å². The Labute approximate surface area is 185 Å². The molecule has 1 aliphatic carbocycles. The van der Waals surface area contributed by atoms with Gasteiger partial charge in [-0.25, -0.2) is 9.78 Å². The fraction of sp³-hybridized carbons (Fsp3) is 0.550. The number of nitrogens with one attached hydrogen (secondary N) is 4. The lowest BCUT2D eigenvalue weighted by molar-refractivity contribution is -0.137. The topological polar surface area (TPSA) is 139 Å². The second-order valence-electron chi connectivity index (χ2n) is 8.27. The molecule has 0 unspecified atom stereocenters. The Bertz CT molecular complexity index is 824. The second kappa shape index (κ2) is 10.4. The van der Waals surface area contributed by atoms with Gasteiger partial charge in [0.15, 0.2) is 0 Å². The molecule has 2 rings (SSSR count). The van der Waals surface area contributed by atoms with E-state index in [1.807, 2.05) is 0 Å². The number of nitrogens with zero attached hydrogens (tertiary/aromatic N) is 1. The van der Waals surface area contributed by atoms with Crippen LogP contribution in [0.15, 0.2) is 18.3 Å². The van der Waals surface area contributed by atoms with Gasteiger partial charge in [-0.3, -0.25) is 14.4 Å². The van der Waals surface area contributed by atoms with Crippen LogP contribution in [0.5, 0.6) is 0 Å². The fourth-order valence-corrected chi connectivity index (χ4v) is 3.37. The molecule has 0 aromatic carbocycles. The minimum absolute atomic E-state index is 0.146. The number of amides is 4. The molecule has 170 valence electrons. The number of alkyl carbamates (subject to hydrolysis) is 1. The SMILES string of the molecule is CNC(=O)[C@H]1CC[C@@H](NC(=O)C(=O)Nc2ccc(Cl)cn2)[C@@H](NC(=O)OC(C)(C)C)C1. The molecule has 0 saturated heterocycles. The number of hydrogen-bond donors (Lipinski definition) is 4. The summed E-state index contributed by atoms with van der Waals surface area (Å²) in [6.45, 7) is 5.19. The molecule has 11 heteroatoms. The summed E-state index contributed by atoms with van der Waals surface area (Å²) in [5.74, 6) is -2.08. The number of anilines is 1. The van der Waals surface area contributed by atoms with Crippen molar-refractivity contribution in [3.05, 3.63) is 23.4 Å². The van der Waals surface area contributed by atoms with Crippen LogP contribution in [0.2, 0.25) is 5.02 Å². The first kappa shape index (κ1) is 24.4. The first-order valence-electron chi connectivity index (χ1n) is 9.93. The van der Waals surface area contributed by atoms with Gasteiger partial charge in [0.2, 0.25) is 5.91 Å². The largest absolute Gasteiger partial charge is 0.444 e. The number of hydrogen-bond acceptors (Lipinski definition) is 6. The molecule has 0 spiro atoms. The highest BCUT2D eigenvalue weighted by atomic mass is 35.5. The molecule has 31 heavy (non-hydrogen) atoms. The molecular formula is C20H28ClN5O5. The van der Waals surface area contributed by atoms with Crippen LogP contribution < -0.4 is 21.3 Å². The lowest BCUT2D eigenvalue weighted by Gasteiger charge is -2.36. The Morgan fingerprint density at radius 1 is 1.06 bits per heavy atom. The van der Waals surface area contributed by atoms with Crippen LogP contribution in [0, 0.1) is 5.92 Å². The van der Waals surface area contributed by atoms with Crippen molar-refractivity contribution in [1.82, 2.24) is 20.9 Å². The maximum Gasteiger partial charge on any atom is 0.407 e. The zero-order valence-corrected chi connectivity index (χ0v) is 18.7. The minimum atomic E-state index is -0.903. The first-order valence-corrected chi connectivity index (χ1v) is 10.3. The highest BCUT2D eigenvalue weighted by Gasteiger charge is 2.37. The van der Waals surface area contributed by atoms with Gasteiger partial charge in [-0.1, -0.05) is 11.6 Å². The average molecular weight is 454 g/mol. The van der Waals surface area contributed by atoms with Crippen molar-refractivity contribution >= 4 is 41.2 Å². The average Bonchev–Trinajstić information content (AvgIpc) is 2.68. The Hall–Kier alpha value is -2.88. The minimum Gasteiger partial charge on any atom is -0.444 e. The van der Waals surface area contributed by atoms with E-state index in [9.17, 15) is 19.2 Å². The molecule has 1 aliphatic rings. The summed E-state index contributed by atoms with van der Waals surface area (Å²) in [4.78, 5) is 52.9. The number of carbonyl (C=O) groups is 4. The fourth-order valence-electron chi connectivity index (χ4n) is 3.26. The number of ether oxygens (including phenoxy) is 1. The zero-order chi connectivity index (χ0) is 23.2. The van der Waals surface area contributed by atoms with Crippen LogP contribution in [0.25, 0.3) is 0 Å². The first-order chi connectivity index (χ1) is 14.5. The summed E-state index contributed by atoms with van der Waals surface area (Å²) >= 11 is 5.75. The quantitative estimate of drug-likeness (QED) is 0.511. The van der Waals surface area contributed by atoms with Crippen LogP contribution in [-0.2, 0) is 19.1 Å².